The van der Waals surface area contributed by atoms with Gasteiger partial charge in [0.05, 0.1) is 0 Å². The van der Waals surface area contributed by atoms with Crippen LogP contribution in [0.2, 0.25) is 0 Å². The van der Waals surface area contributed by atoms with Crippen LogP contribution in [0, 0.1) is 6.92 Å². The van der Waals surface area contributed by atoms with Crippen LogP contribution < -0.4 is 10.2 Å². The molecular formula is C19H20N2O2. The van der Waals surface area contributed by atoms with E-state index in [2.05, 4.69) is 5.32 Å². The molecule has 1 aliphatic rings. The third-order valence-electron chi connectivity index (χ3n) is 4.33. The molecule has 2 aromatic carbocycles. The number of benzene rings is 2. The molecule has 0 fully saturated rings. The highest BCUT2D eigenvalue weighted by molar-refractivity contribution is 6.02. The second kappa shape index (κ2) is 6.24. The van der Waals surface area contributed by atoms with Crippen LogP contribution in [-0.2, 0) is 22.6 Å². The predicted molar refractivity (Wildman–Crippen MR) is 90.1 cm³/mol. The Morgan fingerprint density at radius 3 is 2.57 bits per heavy atom. The van der Waals surface area contributed by atoms with Crippen LogP contribution in [0.15, 0.2) is 48.5 Å². The minimum absolute atomic E-state index is 0.106. The highest BCUT2D eigenvalue weighted by Crippen LogP contribution is 2.32. The minimum Gasteiger partial charge on any atom is -0.350 e. The zero-order chi connectivity index (χ0) is 16.4. The van der Waals surface area contributed by atoms with E-state index in [9.17, 15) is 9.59 Å². The Balaban J connectivity index is 1.75. The van der Waals surface area contributed by atoms with Crippen molar-refractivity contribution in [3.8, 4) is 0 Å². The first kappa shape index (κ1) is 15.3. The summed E-state index contributed by atoms with van der Waals surface area (Å²) >= 11 is 0. The molecule has 118 valence electrons. The van der Waals surface area contributed by atoms with E-state index in [0.29, 0.717) is 13.0 Å². The molecule has 0 radical (unpaired) electrons. The van der Waals surface area contributed by atoms with Crippen LogP contribution in [0.3, 0.4) is 0 Å². The molecule has 2 amide bonds. The van der Waals surface area contributed by atoms with Crippen LogP contribution in [-0.4, -0.2) is 17.9 Å². The summed E-state index contributed by atoms with van der Waals surface area (Å²) in [5.41, 5.74) is 4.12. The van der Waals surface area contributed by atoms with E-state index in [1.165, 1.54) is 6.92 Å². The topological polar surface area (TPSA) is 49.4 Å². The third kappa shape index (κ3) is 2.97. The number of hydrogen-bond acceptors (Lipinski definition) is 2. The van der Waals surface area contributed by atoms with Crippen molar-refractivity contribution in [3.63, 3.8) is 0 Å². The van der Waals surface area contributed by atoms with Gasteiger partial charge in [-0.25, -0.2) is 0 Å². The van der Waals surface area contributed by atoms with E-state index in [4.69, 9.17) is 0 Å². The molecule has 23 heavy (non-hydrogen) atoms. The summed E-state index contributed by atoms with van der Waals surface area (Å²) < 4.78 is 0. The molecule has 4 heteroatoms. The minimum atomic E-state index is -0.464. The monoisotopic (exact) mass is 308 g/mol. The molecule has 2 aromatic rings. The highest BCUT2D eigenvalue weighted by Gasteiger charge is 2.36. The number of amides is 2. The van der Waals surface area contributed by atoms with Gasteiger partial charge in [-0.3, -0.25) is 14.5 Å². The summed E-state index contributed by atoms with van der Waals surface area (Å²) in [5.74, 6) is -0.217. The van der Waals surface area contributed by atoms with Crippen molar-refractivity contribution in [2.24, 2.45) is 0 Å². The van der Waals surface area contributed by atoms with Crippen LogP contribution >= 0.6 is 0 Å². The SMILES string of the molecule is CC(=O)N1c2ccccc2C[C@@H]1C(=O)NCc1ccccc1C. The summed E-state index contributed by atoms with van der Waals surface area (Å²) in [4.78, 5) is 26.2. The quantitative estimate of drug-likeness (QED) is 0.947. The molecule has 1 heterocycles. The first-order valence-electron chi connectivity index (χ1n) is 7.78. The van der Waals surface area contributed by atoms with E-state index in [1.807, 2.05) is 55.5 Å². The normalized spacial score (nSPS) is 16.1. The van der Waals surface area contributed by atoms with Gasteiger partial charge in [-0.1, -0.05) is 42.5 Å². The molecule has 3 rings (SSSR count). The van der Waals surface area contributed by atoms with Gasteiger partial charge in [0, 0.05) is 25.6 Å². The van der Waals surface area contributed by atoms with Gasteiger partial charge in [0.2, 0.25) is 11.8 Å². The molecule has 0 saturated carbocycles. The fourth-order valence-electron chi connectivity index (χ4n) is 3.09. The Kier molecular flexibility index (Phi) is 4.15. The number of aryl methyl sites for hydroxylation is 1. The second-order valence-electron chi connectivity index (χ2n) is 5.88. The Morgan fingerprint density at radius 2 is 1.83 bits per heavy atom. The van der Waals surface area contributed by atoms with Crippen LogP contribution in [0.4, 0.5) is 5.69 Å². The molecule has 0 aromatic heterocycles. The van der Waals surface area contributed by atoms with Gasteiger partial charge in [0.25, 0.3) is 0 Å². The Morgan fingerprint density at radius 1 is 1.13 bits per heavy atom. The zero-order valence-corrected chi connectivity index (χ0v) is 13.4. The Hall–Kier alpha value is -2.62. The smallest absolute Gasteiger partial charge is 0.243 e. The number of anilines is 1. The molecule has 0 saturated heterocycles. The molecular weight excluding hydrogens is 288 g/mol. The molecule has 1 aliphatic heterocycles. The summed E-state index contributed by atoms with van der Waals surface area (Å²) in [6.07, 6.45) is 0.565. The maximum Gasteiger partial charge on any atom is 0.243 e. The molecule has 0 spiro atoms. The fraction of sp³-hybridized carbons (Fsp3) is 0.263. The van der Waals surface area contributed by atoms with Crippen molar-refractivity contribution < 1.29 is 9.59 Å². The largest absolute Gasteiger partial charge is 0.350 e. The van der Waals surface area contributed by atoms with Crippen molar-refractivity contribution >= 4 is 17.5 Å². The number of carbonyl (C=O) groups is 2. The van der Waals surface area contributed by atoms with Crippen molar-refractivity contribution in [1.82, 2.24) is 5.32 Å². The van der Waals surface area contributed by atoms with E-state index in [1.54, 1.807) is 4.90 Å². The lowest BCUT2D eigenvalue weighted by Crippen LogP contribution is -2.47. The van der Waals surface area contributed by atoms with Gasteiger partial charge in [0.1, 0.15) is 6.04 Å². The lowest BCUT2D eigenvalue weighted by Gasteiger charge is -2.23. The molecule has 0 aliphatic carbocycles. The van der Waals surface area contributed by atoms with E-state index < -0.39 is 6.04 Å². The first-order valence-corrected chi connectivity index (χ1v) is 7.78. The number of fused-ring (bicyclic) bond motifs is 1. The van der Waals surface area contributed by atoms with Gasteiger partial charge in [-0.2, -0.15) is 0 Å². The summed E-state index contributed by atoms with van der Waals surface area (Å²) in [7, 11) is 0. The maximum absolute atomic E-state index is 12.6. The standard InChI is InChI=1S/C19H20N2O2/c1-13-7-3-4-9-16(13)12-20-19(23)18-11-15-8-5-6-10-17(15)21(18)14(2)22/h3-10,18H,11-12H2,1-2H3,(H,20,23)/t18-/m1/s1. The first-order chi connectivity index (χ1) is 11.1. The van der Waals surface area contributed by atoms with Crippen LogP contribution in [0.5, 0.6) is 0 Å². The van der Waals surface area contributed by atoms with Gasteiger partial charge >= 0.3 is 0 Å². The fourth-order valence-corrected chi connectivity index (χ4v) is 3.09. The van der Waals surface area contributed by atoms with Crippen molar-refractivity contribution in [2.45, 2.75) is 32.9 Å². The highest BCUT2D eigenvalue weighted by atomic mass is 16.2. The number of rotatable bonds is 3. The van der Waals surface area contributed by atoms with E-state index in [-0.39, 0.29) is 11.8 Å². The zero-order valence-electron chi connectivity index (χ0n) is 13.4. The third-order valence-corrected chi connectivity index (χ3v) is 4.33. The lowest BCUT2D eigenvalue weighted by molar-refractivity contribution is -0.125. The second-order valence-corrected chi connectivity index (χ2v) is 5.88. The van der Waals surface area contributed by atoms with Gasteiger partial charge in [0.15, 0.2) is 0 Å². The van der Waals surface area contributed by atoms with Gasteiger partial charge < -0.3 is 5.32 Å². The number of hydrogen-bond donors (Lipinski definition) is 1. The lowest BCUT2D eigenvalue weighted by atomic mass is 10.1. The Labute approximate surface area is 136 Å². The molecule has 0 unspecified atom stereocenters. The van der Waals surface area contributed by atoms with Crippen molar-refractivity contribution in [1.29, 1.82) is 0 Å². The average molecular weight is 308 g/mol. The maximum atomic E-state index is 12.6. The number of carbonyl (C=O) groups excluding carboxylic acids is 2. The van der Waals surface area contributed by atoms with Crippen molar-refractivity contribution in [3.05, 3.63) is 65.2 Å². The summed E-state index contributed by atoms with van der Waals surface area (Å²) in [6, 6.07) is 15.2. The summed E-state index contributed by atoms with van der Waals surface area (Å²) in [6.45, 7) is 4.00. The molecule has 4 nitrogen and oxygen atoms in total. The molecule has 1 N–H and O–H groups in total. The Bertz CT molecular complexity index is 755. The van der Waals surface area contributed by atoms with Crippen LogP contribution in [0.25, 0.3) is 0 Å². The number of para-hydroxylation sites is 1. The van der Waals surface area contributed by atoms with Crippen molar-refractivity contribution in [2.75, 3.05) is 4.90 Å². The average Bonchev–Trinajstić information content (AvgIpc) is 2.93. The number of nitrogens with zero attached hydrogens (tertiary/aromatic N) is 1. The van der Waals surface area contributed by atoms with Gasteiger partial charge in [-0.15, -0.1) is 0 Å². The predicted octanol–water partition coefficient (Wildman–Crippen LogP) is 2.59. The number of nitrogens with one attached hydrogen (secondary N) is 1. The van der Waals surface area contributed by atoms with E-state index >= 15 is 0 Å². The van der Waals surface area contributed by atoms with Crippen LogP contribution in [0.1, 0.15) is 23.6 Å². The summed E-state index contributed by atoms with van der Waals surface area (Å²) in [5, 5.41) is 2.97. The molecule has 1 atom stereocenters. The van der Waals surface area contributed by atoms with Gasteiger partial charge in [-0.05, 0) is 29.7 Å². The molecule has 0 bridgehead atoms. The van der Waals surface area contributed by atoms with E-state index in [0.717, 1.165) is 22.4 Å².